The van der Waals surface area contributed by atoms with Crippen LogP contribution in [0, 0.1) is 6.92 Å². The van der Waals surface area contributed by atoms with Gasteiger partial charge in [0.05, 0.1) is 17.6 Å². The van der Waals surface area contributed by atoms with E-state index in [1.165, 1.54) is 6.07 Å². The lowest BCUT2D eigenvalue weighted by Crippen LogP contribution is -2.42. The number of morpholine rings is 1. The van der Waals surface area contributed by atoms with Gasteiger partial charge in [-0.15, -0.1) is 0 Å². The van der Waals surface area contributed by atoms with Crippen molar-refractivity contribution >= 4 is 21.6 Å². The number of nitrogens with zero attached hydrogens (tertiary/aromatic N) is 1. The zero-order chi connectivity index (χ0) is 18.6. The molecule has 3 rings (SSSR count). The van der Waals surface area contributed by atoms with Crippen LogP contribution in [0.2, 0.25) is 5.02 Å². The Morgan fingerprint density at radius 1 is 1.23 bits per heavy atom. The summed E-state index contributed by atoms with van der Waals surface area (Å²) in [5.74, 6) is 0. The van der Waals surface area contributed by atoms with Crippen molar-refractivity contribution in [3.63, 3.8) is 0 Å². The fourth-order valence-corrected chi connectivity index (χ4v) is 4.58. The smallest absolute Gasteiger partial charge is 0.240 e. The number of hydrogen-bond acceptors (Lipinski definition) is 4. The highest BCUT2D eigenvalue weighted by atomic mass is 35.5. The molecule has 1 N–H and O–H groups in total. The van der Waals surface area contributed by atoms with E-state index in [9.17, 15) is 8.42 Å². The summed E-state index contributed by atoms with van der Waals surface area (Å²) < 4.78 is 33.6. The van der Waals surface area contributed by atoms with Crippen molar-refractivity contribution in [3.8, 4) is 0 Å². The quantitative estimate of drug-likeness (QED) is 0.818. The third kappa shape index (κ3) is 4.84. The summed E-state index contributed by atoms with van der Waals surface area (Å²) in [6.45, 7) is 4.92. The molecule has 1 fully saturated rings. The molecule has 140 valence electrons. The molecule has 0 bridgehead atoms. The summed E-state index contributed by atoms with van der Waals surface area (Å²) in [4.78, 5) is 2.45. The number of hydrogen-bond donors (Lipinski definition) is 1. The lowest BCUT2D eigenvalue weighted by atomic mass is 10.1. The molecule has 1 heterocycles. The average molecular weight is 395 g/mol. The lowest BCUT2D eigenvalue weighted by Gasteiger charge is -2.33. The molecule has 0 radical (unpaired) electrons. The number of halogens is 1. The highest BCUT2D eigenvalue weighted by Crippen LogP contribution is 2.22. The Bertz CT molecular complexity index is 843. The van der Waals surface area contributed by atoms with Gasteiger partial charge >= 0.3 is 0 Å². The molecule has 0 unspecified atom stereocenters. The molecule has 2 aromatic carbocycles. The molecular formula is C19H23ClN2O3S. The van der Waals surface area contributed by atoms with Crippen molar-refractivity contribution in [2.75, 3.05) is 32.8 Å². The van der Waals surface area contributed by atoms with Gasteiger partial charge in [-0.1, -0.05) is 48.0 Å². The minimum Gasteiger partial charge on any atom is -0.371 e. The first-order valence-electron chi connectivity index (χ1n) is 8.60. The maximum atomic E-state index is 12.5. The van der Waals surface area contributed by atoms with Crippen LogP contribution in [0.5, 0.6) is 0 Å². The number of benzene rings is 2. The summed E-state index contributed by atoms with van der Waals surface area (Å²) in [7, 11) is -3.57. The van der Waals surface area contributed by atoms with Crippen LogP contribution in [0.3, 0.4) is 0 Å². The van der Waals surface area contributed by atoms with E-state index in [1.807, 2.05) is 18.2 Å². The van der Waals surface area contributed by atoms with Gasteiger partial charge in [-0.3, -0.25) is 4.90 Å². The maximum absolute atomic E-state index is 12.5. The van der Waals surface area contributed by atoms with Crippen LogP contribution < -0.4 is 4.72 Å². The molecule has 1 saturated heterocycles. The summed E-state index contributed by atoms with van der Waals surface area (Å²) >= 11 is 5.94. The van der Waals surface area contributed by atoms with Crippen molar-refractivity contribution in [1.29, 1.82) is 0 Å². The molecule has 1 aliphatic heterocycles. The lowest BCUT2D eigenvalue weighted by molar-refractivity contribution is -0.0291. The van der Waals surface area contributed by atoms with Crippen LogP contribution in [-0.4, -0.2) is 46.1 Å². The Labute approximate surface area is 160 Å². The zero-order valence-electron chi connectivity index (χ0n) is 14.7. The van der Waals surface area contributed by atoms with Gasteiger partial charge in [0.2, 0.25) is 10.0 Å². The van der Waals surface area contributed by atoms with Gasteiger partial charge < -0.3 is 4.74 Å². The highest BCUT2D eigenvalue weighted by Gasteiger charge is 2.22. The Morgan fingerprint density at radius 2 is 2.00 bits per heavy atom. The second-order valence-corrected chi connectivity index (χ2v) is 8.55. The fourth-order valence-electron chi connectivity index (χ4n) is 3.05. The Kier molecular flexibility index (Phi) is 6.32. The summed E-state index contributed by atoms with van der Waals surface area (Å²) in [6, 6.07) is 15.0. The van der Waals surface area contributed by atoms with Crippen LogP contribution in [-0.2, 0) is 14.8 Å². The van der Waals surface area contributed by atoms with E-state index in [-0.39, 0.29) is 11.0 Å². The van der Waals surface area contributed by atoms with Crippen molar-refractivity contribution in [3.05, 3.63) is 64.7 Å². The largest absolute Gasteiger partial charge is 0.371 e. The van der Waals surface area contributed by atoms with E-state index < -0.39 is 10.0 Å². The van der Waals surface area contributed by atoms with Crippen LogP contribution in [0.25, 0.3) is 0 Å². The highest BCUT2D eigenvalue weighted by molar-refractivity contribution is 7.89. The minimum absolute atomic E-state index is 0.0248. The Hall–Kier alpha value is -1.44. The number of nitrogens with one attached hydrogen (secondary N) is 1. The predicted molar refractivity (Wildman–Crippen MR) is 103 cm³/mol. The summed E-state index contributed by atoms with van der Waals surface area (Å²) in [5, 5.41) is 0.412. The standard InChI is InChI=1S/C19H23ClN2O3S/c1-15-7-8-17(20)13-19(15)26(23,24)21-9-10-22-11-12-25-18(14-22)16-5-3-2-4-6-16/h2-8,13,18,21H,9-12,14H2,1H3/t18-/m0/s1. The first-order valence-corrected chi connectivity index (χ1v) is 10.5. The van der Waals surface area contributed by atoms with Crippen LogP contribution in [0.1, 0.15) is 17.2 Å². The molecule has 0 aromatic heterocycles. The van der Waals surface area contributed by atoms with E-state index in [1.54, 1.807) is 19.1 Å². The van der Waals surface area contributed by atoms with Gasteiger partial charge in [0.15, 0.2) is 0 Å². The van der Waals surface area contributed by atoms with E-state index in [4.69, 9.17) is 16.3 Å². The molecule has 26 heavy (non-hydrogen) atoms. The van der Waals surface area contributed by atoms with Crippen molar-refractivity contribution < 1.29 is 13.2 Å². The molecule has 7 heteroatoms. The fraction of sp³-hybridized carbons (Fsp3) is 0.368. The molecule has 0 spiro atoms. The Morgan fingerprint density at radius 3 is 2.77 bits per heavy atom. The first kappa shape index (κ1) is 19.3. The average Bonchev–Trinajstić information content (AvgIpc) is 2.64. The second kappa shape index (κ2) is 8.50. The normalized spacial score (nSPS) is 18.8. The summed E-state index contributed by atoms with van der Waals surface area (Å²) in [6.07, 6.45) is 0.0248. The van der Waals surface area contributed by atoms with E-state index >= 15 is 0 Å². The van der Waals surface area contributed by atoms with Crippen molar-refractivity contribution in [2.45, 2.75) is 17.9 Å². The summed E-state index contributed by atoms with van der Waals surface area (Å²) in [5.41, 5.74) is 1.82. The van der Waals surface area contributed by atoms with Crippen LogP contribution in [0.4, 0.5) is 0 Å². The van der Waals surface area contributed by atoms with Gasteiger partial charge in [0.1, 0.15) is 0 Å². The van der Waals surface area contributed by atoms with Gasteiger partial charge in [0.25, 0.3) is 0 Å². The molecule has 1 aliphatic rings. The van der Waals surface area contributed by atoms with Crippen molar-refractivity contribution in [2.24, 2.45) is 0 Å². The molecule has 0 aliphatic carbocycles. The number of aryl methyl sites for hydroxylation is 1. The number of ether oxygens (including phenoxy) is 1. The van der Waals surface area contributed by atoms with Gasteiger partial charge in [-0.05, 0) is 30.2 Å². The molecule has 2 aromatic rings. The zero-order valence-corrected chi connectivity index (χ0v) is 16.3. The maximum Gasteiger partial charge on any atom is 0.240 e. The topological polar surface area (TPSA) is 58.6 Å². The van der Waals surface area contributed by atoms with Gasteiger partial charge in [-0.25, -0.2) is 13.1 Å². The van der Waals surface area contributed by atoms with E-state index in [0.29, 0.717) is 30.3 Å². The molecule has 5 nitrogen and oxygen atoms in total. The third-order valence-electron chi connectivity index (χ3n) is 4.48. The monoisotopic (exact) mass is 394 g/mol. The predicted octanol–water partition coefficient (Wildman–Crippen LogP) is 3.00. The number of sulfonamides is 1. The van der Waals surface area contributed by atoms with Gasteiger partial charge in [0, 0.05) is 31.2 Å². The second-order valence-electron chi connectivity index (χ2n) is 6.38. The molecule has 0 saturated carbocycles. The van der Waals surface area contributed by atoms with Crippen LogP contribution in [0.15, 0.2) is 53.4 Å². The SMILES string of the molecule is Cc1ccc(Cl)cc1S(=O)(=O)NCCN1CCO[C@H](c2ccccc2)C1. The van der Waals surface area contributed by atoms with Crippen molar-refractivity contribution in [1.82, 2.24) is 9.62 Å². The van der Waals surface area contributed by atoms with Gasteiger partial charge in [-0.2, -0.15) is 0 Å². The van der Waals surface area contributed by atoms with E-state index in [2.05, 4.69) is 21.8 Å². The molecular weight excluding hydrogens is 372 g/mol. The van der Waals surface area contributed by atoms with E-state index in [0.717, 1.165) is 18.7 Å². The number of rotatable bonds is 6. The molecule has 1 atom stereocenters. The Balaban J connectivity index is 1.56. The van der Waals surface area contributed by atoms with Crippen LogP contribution >= 0.6 is 11.6 Å². The third-order valence-corrected chi connectivity index (χ3v) is 6.32. The molecule has 0 amide bonds. The minimum atomic E-state index is -3.57. The first-order chi connectivity index (χ1) is 12.5.